The van der Waals surface area contributed by atoms with Crippen molar-refractivity contribution in [1.29, 1.82) is 0 Å². The molecule has 1 aliphatic rings. The van der Waals surface area contributed by atoms with E-state index in [4.69, 9.17) is 0 Å². The van der Waals surface area contributed by atoms with Crippen LogP contribution in [0.2, 0.25) is 0 Å². The molecule has 0 spiro atoms. The van der Waals surface area contributed by atoms with Crippen molar-refractivity contribution in [2.75, 3.05) is 5.75 Å². The van der Waals surface area contributed by atoms with Gasteiger partial charge in [-0.25, -0.2) is 4.98 Å². The number of nitrogens with zero attached hydrogens (tertiary/aromatic N) is 1. The number of thioether (sulfide) groups is 1. The molecular formula is C12H14N2OS. The number of nitrogens with one attached hydrogen (secondary N) is 1. The first-order valence-electron chi connectivity index (χ1n) is 5.51. The van der Waals surface area contributed by atoms with Crippen molar-refractivity contribution in [3.63, 3.8) is 0 Å². The molecule has 16 heavy (non-hydrogen) atoms. The molecule has 0 amide bonds. The summed E-state index contributed by atoms with van der Waals surface area (Å²) >= 11 is 1.96. The molecular weight excluding hydrogens is 220 g/mol. The second-order valence-electron chi connectivity index (χ2n) is 4.47. The van der Waals surface area contributed by atoms with Gasteiger partial charge in [-0.05, 0) is 37.7 Å². The standard InChI is InChI=1S/C12H14N2OS/c1-12(5-2-6-16-12)11-13-9-4-3-8(15)7-10(9)14-11/h3-4,7,15H,2,5-6H2,1H3,(H,13,14). The van der Waals surface area contributed by atoms with Gasteiger partial charge < -0.3 is 10.1 Å². The molecule has 2 heterocycles. The Morgan fingerprint density at radius 3 is 3.12 bits per heavy atom. The maximum Gasteiger partial charge on any atom is 0.123 e. The van der Waals surface area contributed by atoms with Crippen molar-refractivity contribution in [3.8, 4) is 5.75 Å². The van der Waals surface area contributed by atoms with Gasteiger partial charge in [-0.2, -0.15) is 0 Å². The summed E-state index contributed by atoms with van der Waals surface area (Å²) < 4.78 is 0.120. The number of benzene rings is 1. The maximum atomic E-state index is 9.42. The molecule has 1 aliphatic heterocycles. The van der Waals surface area contributed by atoms with Crippen LogP contribution in [-0.4, -0.2) is 20.8 Å². The van der Waals surface area contributed by atoms with Crippen LogP contribution >= 0.6 is 11.8 Å². The molecule has 3 nitrogen and oxygen atoms in total. The van der Waals surface area contributed by atoms with Crippen LogP contribution < -0.4 is 0 Å². The minimum Gasteiger partial charge on any atom is -0.508 e. The van der Waals surface area contributed by atoms with Gasteiger partial charge in [0.15, 0.2) is 0 Å². The van der Waals surface area contributed by atoms with Crippen molar-refractivity contribution in [2.45, 2.75) is 24.5 Å². The lowest BCUT2D eigenvalue weighted by molar-refractivity contribution is 0.476. The molecule has 1 fully saturated rings. The Kier molecular flexibility index (Phi) is 2.14. The van der Waals surface area contributed by atoms with Crippen LogP contribution in [0.3, 0.4) is 0 Å². The Labute approximate surface area is 98.3 Å². The lowest BCUT2D eigenvalue weighted by Gasteiger charge is -2.18. The van der Waals surface area contributed by atoms with Gasteiger partial charge in [0.05, 0.1) is 15.8 Å². The minimum atomic E-state index is 0.120. The van der Waals surface area contributed by atoms with Gasteiger partial charge in [0.2, 0.25) is 0 Å². The molecule has 84 valence electrons. The van der Waals surface area contributed by atoms with E-state index in [9.17, 15) is 5.11 Å². The number of hydrogen-bond acceptors (Lipinski definition) is 3. The first-order valence-corrected chi connectivity index (χ1v) is 6.49. The lowest BCUT2D eigenvalue weighted by Crippen LogP contribution is -2.14. The van der Waals surface area contributed by atoms with Gasteiger partial charge in [0, 0.05) is 6.07 Å². The first kappa shape index (κ1) is 10.0. The van der Waals surface area contributed by atoms with E-state index in [2.05, 4.69) is 16.9 Å². The highest BCUT2D eigenvalue weighted by atomic mass is 32.2. The Morgan fingerprint density at radius 1 is 1.50 bits per heavy atom. The van der Waals surface area contributed by atoms with Crippen LogP contribution in [0, 0.1) is 0 Å². The zero-order valence-electron chi connectivity index (χ0n) is 9.16. The summed E-state index contributed by atoms with van der Waals surface area (Å²) in [5, 5.41) is 9.42. The average Bonchev–Trinajstić information content (AvgIpc) is 2.84. The van der Waals surface area contributed by atoms with Crippen LogP contribution in [0.5, 0.6) is 5.75 Å². The van der Waals surface area contributed by atoms with Crippen molar-refractivity contribution < 1.29 is 5.11 Å². The molecule has 1 unspecified atom stereocenters. The summed E-state index contributed by atoms with van der Waals surface area (Å²) in [7, 11) is 0. The van der Waals surface area contributed by atoms with Gasteiger partial charge in [0.25, 0.3) is 0 Å². The van der Waals surface area contributed by atoms with Crippen LogP contribution in [-0.2, 0) is 4.75 Å². The first-order chi connectivity index (χ1) is 7.67. The average molecular weight is 234 g/mol. The Morgan fingerprint density at radius 2 is 2.38 bits per heavy atom. The predicted octanol–water partition coefficient (Wildman–Crippen LogP) is 3.01. The number of phenolic OH excluding ortho intramolecular Hbond substituents is 1. The molecule has 1 atom stereocenters. The third-order valence-corrected chi connectivity index (χ3v) is 4.71. The quantitative estimate of drug-likeness (QED) is 0.797. The molecule has 3 rings (SSSR count). The summed E-state index contributed by atoms with van der Waals surface area (Å²) in [6.45, 7) is 2.24. The zero-order valence-corrected chi connectivity index (χ0v) is 9.97. The van der Waals surface area contributed by atoms with E-state index in [-0.39, 0.29) is 10.5 Å². The smallest absolute Gasteiger partial charge is 0.123 e. The van der Waals surface area contributed by atoms with Crippen molar-refractivity contribution in [3.05, 3.63) is 24.0 Å². The number of phenols is 1. The van der Waals surface area contributed by atoms with E-state index in [1.165, 1.54) is 18.6 Å². The third-order valence-electron chi connectivity index (χ3n) is 3.19. The largest absolute Gasteiger partial charge is 0.508 e. The van der Waals surface area contributed by atoms with Crippen LogP contribution in [0.15, 0.2) is 18.2 Å². The van der Waals surface area contributed by atoms with E-state index in [1.807, 2.05) is 17.8 Å². The molecule has 2 N–H and O–H groups in total. The highest BCUT2D eigenvalue weighted by Gasteiger charge is 2.34. The molecule has 1 aromatic carbocycles. The highest BCUT2D eigenvalue weighted by Crippen LogP contribution is 2.45. The normalized spacial score (nSPS) is 25.3. The van der Waals surface area contributed by atoms with Crippen molar-refractivity contribution >= 4 is 22.8 Å². The summed E-state index contributed by atoms with van der Waals surface area (Å²) in [4.78, 5) is 7.95. The number of aromatic hydroxyl groups is 1. The van der Waals surface area contributed by atoms with Crippen molar-refractivity contribution in [2.24, 2.45) is 0 Å². The topological polar surface area (TPSA) is 48.9 Å². The van der Waals surface area contributed by atoms with E-state index in [1.54, 1.807) is 12.1 Å². The van der Waals surface area contributed by atoms with Gasteiger partial charge in [-0.3, -0.25) is 0 Å². The molecule has 0 aliphatic carbocycles. The van der Waals surface area contributed by atoms with E-state index < -0.39 is 0 Å². The summed E-state index contributed by atoms with van der Waals surface area (Å²) in [6, 6.07) is 5.26. The molecule has 0 bridgehead atoms. The van der Waals surface area contributed by atoms with Crippen LogP contribution in [0.1, 0.15) is 25.6 Å². The van der Waals surface area contributed by atoms with Gasteiger partial charge in [0.1, 0.15) is 11.6 Å². The molecule has 1 aromatic heterocycles. The Balaban J connectivity index is 2.11. The fraction of sp³-hybridized carbons (Fsp3) is 0.417. The lowest BCUT2D eigenvalue weighted by atomic mass is 10.1. The van der Waals surface area contributed by atoms with Crippen LogP contribution in [0.4, 0.5) is 0 Å². The third kappa shape index (κ3) is 1.48. The Hall–Kier alpha value is -1.16. The fourth-order valence-corrected chi connectivity index (χ4v) is 3.48. The van der Waals surface area contributed by atoms with E-state index in [0.29, 0.717) is 0 Å². The zero-order chi connectivity index (χ0) is 11.2. The number of hydrogen-bond donors (Lipinski definition) is 2. The number of imidazole rings is 1. The number of aromatic amines is 1. The molecule has 2 aromatic rings. The number of rotatable bonds is 1. The second-order valence-corrected chi connectivity index (χ2v) is 6.07. The van der Waals surface area contributed by atoms with Gasteiger partial charge >= 0.3 is 0 Å². The van der Waals surface area contributed by atoms with E-state index >= 15 is 0 Å². The second kappa shape index (κ2) is 3.42. The summed E-state index contributed by atoms with van der Waals surface area (Å²) in [5.41, 5.74) is 1.85. The molecule has 4 heteroatoms. The molecule has 1 saturated heterocycles. The van der Waals surface area contributed by atoms with Gasteiger partial charge in [-0.15, -0.1) is 11.8 Å². The fourth-order valence-electron chi connectivity index (χ4n) is 2.21. The number of H-pyrrole nitrogens is 1. The maximum absolute atomic E-state index is 9.42. The monoisotopic (exact) mass is 234 g/mol. The summed E-state index contributed by atoms with van der Waals surface area (Å²) in [6.07, 6.45) is 2.42. The van der Waals surface area contributed by atoms with Crippen molar-refractivity contribution in [1.82, 2.24) is 9.97 Å². The highest BCUT2D eigenvalue weighted by molar-refractivity contribution is 8.00. The molecule has 0 saturated carbocycles. The molecule has 0 radical (unpaired) electrons. The summed E-state index contributed by atoms with van der Waals surface area (Å²) in [5.74, 6) is 2.53. The van der Waals surface area contributed by atoms with E-state index in [0.717, 1.165) is 16.9 Å². The number of fused-ring (bicyclic) bond motifs is 1. The predicted molar refractivity (Wildman–Crippen MR) is 66.8 cm³/mol. The SMILES string of the molecule is CC1(c2nc3ccc(O)cc3[nH]2)CCCS1. The number of aromatic nitrogens is 2. The minimum absolute atomic E-state index is 0.120. The Bertz CT molecular complexity index is 529. The van der Waals surface area contributed by atoms with Gasteiger partial charge in [-0.1, -0.05) is 0 Å². The van der Waals surface area contributed by atoms with Crippen LogP contribution in [0.25, 0.3) is 11.0 Å².